The summed E-state index contributed by atoms with van der Waals surface area (Å²) in [6.45, 7) is 0.398. The van der Waals surface area contributed by atoms with Gasteiger partial charge >= 0.3 is 0 Å². The van der Waals surface area contributed by atoms with Crippen LogP contribution in [-0.4, -0.2) is 29.2 Å². The van der Waals surface area contributed by atoms with Gasteiger partial charge in [-0.1, -0.05) is 24.4 Å². The van der Waals surface area contributed by atoms with Crippen LogP contribution in [0.5, 0.6) is 0 Å². The topological polar surface area (TPSA) is 66.6 Å². The Hall–Kier alpha value is -1.33. The molecule has 1 aromatic rings. The van der Waals surface area contributed by atoms with Crippen LogP contribution in [0.1, 0.15) is 25.7 Å². The van der Waals surface area contributed by atoms with E-state index in [9.17, 15) is 15.2 Å². The highest BCUT2D eigenvalue weighted by molar-refractivity contribution is 6.30. The predicted octanol–water partition coefficient (Wildman–Crippen LogP) is 2.99. The van der Waals surface area contributed by atoms with Gasteiger partial charge in [0, 0.05) is 24.7 Å². The van der Waals surface area contributed by atoms with Gasteiger partial charge in [0.1, 0.15) is 5.69 Å². The first kappa shape index (κ1) is 14.1. The molecule has 1 aromatic carbocycles. The molecule has 0 atom stereocenters. The van der Waals surface area contributed by atoms with Crippen molar-refractivity contribution in [3.63, 3.8) is 0 Å². The minimum absolute atomic E-state index is 0.0309. The number of hydrogen-bond acceptors (Lipinski definition) is 4. The molecule has 104 valence electrons. The highest BCUT2D eigenvalue weighted by Crippen LogP contribution is 2.34. The molecule has 1 fully saturated rings. The summed E-state index contributed by atoms with van der Waals surface area (Å²) < 4.78 is 0. The van der Waals surface area contributed by atoms with Gasteiger partial charge in [-0.2, -0.15) is 0 Å². The van der Waals surface area contributed by atoms with Crippen LogP contribution in [0.3, 0.4) is 0 Å². The number of nitro groups is 1. The van der Waals surface area contributed by atoms with Gasteiger partial charge in [-0.15, -0.1) is 0 Å². The molecule has 19 heavy (non-hydrogen) atoms. The summed E-state index contributed by atoms with van der Waals surface area (Å²) in [5.74, 6) is 0. The van der Waals surface area contributed by atoms with E-state index in [-0.39, 0.29) is 5.69 Å². The van der Waals surface area contributed by atoms with Crippen molar-refractivity contribution in [1.29, 1.82) is 0 Å². The van der Waals surface area contributed by atoms with E-state index in [1.54, 1.807) is 24.1 Å². The Kier molecular flexibility index (Phi) is 3.96. The normalized spacial score (nSPS) is 17.4. The molecule has 0 bridgehead atoms. The van der Waals surface area contributed by atoms with E-state index in [0.29, 0.717) is 17.3 Å². The van der Waals surface area contributed by atoms with Gasteiger partial charge in [0.25, 0.3) is 5.69 Å². The van der Waals surface area contributed by atoms with Gasteiger partial charge in [-0.05, 0) is 25.0 Å². The average Bonchev–Trinajstić information content (AvgIpc) is 2.75. The number of nitro benzene ring substituents is 1. The molecule has 1 N–H and O–H groups in total. The highest BCUT2D eigenvalue weighted by atomic mass is 35.5. The summed E-state index contributed by atoms with van der Waals surface area (Å²) in [4.78, 5) is 12.3. The van der Waals surface area contributed by atoms with Gasteiger partial charge in [0.2, 0.25) is 0 Å². The molecule has 2 rings (SSSR count). The minimum Gasteiger partial charge on any atom is -0.388 e. The van der Waals surface area contributed by atoms with Gasteiger partial charge in [-0.25, -0.2) is 0 Å². The fraction of sp³-hybridized carbons (Fsp3) is 0.538. The first-order valence-corrected chi connectivity index (χ1v) is 6.67. The van der Waals surface area contributed by atoms with Gasteiger partial charge in [0.15, 0.2) is 0 Å². The maximum absolute atomic E-state index is 11.1. The molecule has 0 saturated heterocycles. The molecule has 0 heterocycles. The van der Waals surface area contributed by atoms with E-state index in [2.05, 4.69) is 0 Å². The quantitative estimate of drug-likeness (QED) is 0.682. The molecule has 0 aliphatic heterocycles. The summed E-state index contributed by atoms with van der Waals surface area (Å²) in [7, 11) is 1.76. The SMILES string of the molecule is CN(CC1(O)CCCC1)c1ccc(Cl)cc1[N+](=O)[O-]. The lowest BCUT2D eigenvalue weighted by atomic mass is 10.0. The van der Waals surface area contributed by atoms with Crippen LogP contribution < -0.4 is 4.90 Å². The van der Waals surface area contributed by atoms with Crippen LogP contribution in [0.25, 0.3) is 0 Å². The van der Waals surface area contributed by atoms with Gasteiger partial charge in [0.05, 0.1) is 10.5 Å². The lowest BCUT2D eigenvalue weighted by Gasteiger charge is -2.29. The molecule has 0 aromatic heterocycles. The Morgan fingerprint density at radius 2 is 2.11 bits per heavy atom. The number of aliphatic hydroxyl groups is 1. The smallest absolute Gasteiger partial charge is 0.294 e. The van der Waals surface area contributed by atoms with E-state index in [1.807, 2.05) is 0 Å². The van der Waals surface area contributed by atoms with E-state index in [0.717, 1.165) is 25.7 Å². The van der Waals surface area contributed by atoms with Crippen molar-refractivity contribution in [1.82, 2.24) is 0 Å². The Balaban J connectivity index is 2.23. The second kappa shape index (κ2) is 5.35. The largest absolute Gasteiger partial charge is 0.388 e. The maximum atomic E-state index is 11.1. The summed E-state index contributed by atoms with van der Waals surface area (Å²) in [6.07, 6.45) is 3.51. The number of nitrogens with zero attached hydrogens (tertiary/aromatic N) is 2. The third-order valence-corrected chi connectivity index (χ3v) is 3.85. The number of hydrogen-bond donors (Lipinski definition) is 1. The molecule has 1 saturated carbocycles. The van der Waals surface area contributed by atoms with Gasteiger partial charge < -0.3 is 10.0 Å². The molecule has 0 amide bonds. The van der Waals surface area contributed by atoms with Crippen molar-refractivity contribution in [3.8, 4) is 0 Å². The average molecular weight is 285 g/mol. The number of rotatable bonds is 4. The van der Waals surface area contributed by atoms with Crippen LogP contribution in [0, 0.1) is 10.1 Å². The summed E-state index contributed by atoms with van der Waals surface area (Å²) in [5.41, 5.74) is -0.284. The van der Waals surface area contributed by atoms with Crippen LogP contribution in [0.15, 0.2) is 18.2 Å². The van der Waals surface area contributed by atoms with Crippen molar-refractivity contribution >= 4 is 23.0 Å². The lowest BCUT2D eigenvalue weighted by molar-refractivity contribution is -0.384. The maximum Gasteiger partial charge on any atom is 0.294 e. The van der Waals surface area contributed by atoms with Crippen LogP contribution in [0.2, 0.25) is 5.02 Å². The molecular weight excluding hydrogens is 268 g/mol. The van der Waals surface area contributed by atoms with Crippen molar-refractivity contribution in [2.24, 2.45) is 0 Å². The van der Waals surface area contributed by atoms with Crippen LogP contribution >= 0.6 is 11.6 Å². The number of halogens is 1. The summed E-state index contributed by atoms with van der Waals surface area (Å²) >= 11 is 5.79. The zero-order valence-electron chi connectivity index (χ0n) is 10.8. The molecular formula is C13H17ClN2O3. The van der Waals surface area contributed by atoms with Gasteiger partial charge in [-0.3, -0.25) is 10.1 Å². The molecule has 0 radical (unpaired) electrons. The van der Waals surface area contributed by atoms with E-state index in [4.69, 9.17) is 11.6 Å². The molecule has 0 unspecified atom stereocenters. The van der Waals surface area contributed by atoms with Crippen LogP contribution in [-0.2, 0) is 0 Å². The number of benzene rings is 1. The Morgan fingerprint density at radius 1 is 1.47 bits per heavy atom. The summed E-state index contributed by atoms with van der Waals surface area (Å²) in [6, 6.07) is 4.59. The monoisotopic (exact) mass is 284 g/mol. The Morgan fingerprint density at radius 3 is 2.68 bits per heavy atom. The zero-order valence-corrected chi connectivity index (χ0v) is 11.6. The first-order valence-electron chi connectivity index (χ1n) is 6.29. The van der Waals surface area contributed by atoms with E-state index in [1.165, 1.54) is 6.07 Å². The standard InChI is InChI=1S/C13H17ClN2O3/c1-15(9-13(17)6-2-3-7-13)11-5-4-10(14)8-12(11)16(18)19/h4-5,8,17H,2-3,6-7,9H2,1H3. The second-order valence-electron chi connectivity index (χ2n) is 5.18. The Bertz CT molecular complexity index is 487. The predicted molar refractivity (Wildman–Crippen MR) is 74.8 cm³/mol. The summed E-state index contributed by atoms with van der Waals surface area (Å²) in [5, 5.41) is 21.8. The molecule has 1 aliphatic rings. The molecule has 0 spiro atoms. The number of anilines is 1. The fourth-order valence-electron chi connectivity index (χ4n) is 2.68. The minimum atomic E-state index is -0.734. The van der Waals surface area contributed by atoms with Crippen molar-refractivity contribution in [2.45, 2.75) is 31.3 Å². The first-order chi connectivity index (χ1) is 8.91. The third-order valence-electron chi connectivity index (χ3n) is 3.61. The highest BCUT2D eigenvalue weighted by Gasteiger charge is 2.33. The third kappa shape index (κ3) is 3.16. The lowest BCUT2D eigenvalue weighted by Crippen LogP contribution is -2.39. The second-order valence-corrected chi connectivity index (χ2v) is 5.61. The molecule has 5 nitrogen and oxygen atoms in total. The van der Waals surface area contributed by atoms with Crippen molar-refractivity contribution in [2.75, 3.05) is 18.5 Å². The van der Waals surface area contributed by atoms with Crippen molar-refractivity contribution < 1.29 is 10.0 Å². The molecule has 1 aliphatic carbocycles. The van der Waals surface area contributed by atoms with E-state index < -0.39 is 10.5 Å². The number of likely N-dealkylation sites (N-methyl/N-ethyl adjacent to an activating group) is 1. The molecule has 6 heteroatoms. The Labute approximate surface area is 116 Å². The fourth-order valence-corrected chi connectivity index (χ4v) is 2.85. The van der Waals surface area contributed by atoms with E-state index >= 15 is 0 Å². The zero-order chi connectivity index (χ0) is 14.0. The van der Waals surface area contributed by atoms with Crippen LogP contribution in [0.4, 0.5) is 11.4 Å². The van der Waals surface area contributed by atoms with Crippen molar-refractivity contribution in [3.05, 3.63) is 33.3 Å².